The van der Waals surface area contributed by atoms with Crippen LogP contribution in [0.2, 0.25) is 0 Å². The van der Waals surface area contributed by atoms with Crippen molar-refractivity contribution in [3.63, 3.8) is 0 Å². The number of benzene rings is 1. The number of hydrogen-bond donors (Lipinski definition) is 0. The van der Waals surface area contributed by atoms with Gasteiger partial charge in [-0.3, -0.25) is 9.59 Å². The van der Waals surface area contributed by atoms with Crippen LogP contribution in [0.25, 0.3) is 0 Å². The average Bonchev–Trinajstić information content (AvgIpc) is 2.73. The normalized spacial score (nSPS) is 12.4. The van der Waals surface area contributed by atoms with Crippen LogP contribution in [0.15, 0.2) is 30.3 Å². The van der Waals surface area contributed by atoms with E-state index in [9.17, 15) is 22.8 Å². The molecule has 176 valence electrons. The minimum atomic E-state index is -4.65. The first-order chi connectivity index (χ1) is 14.8. The zero-order valence-electron chi connectivity index (χ0n) is 18.4. The van der Waals surface area contributed by atoms with Gasteiger partial charge in [-0.25, -0.2) is 0 Å². The van der Waals surface area contributed by atoms with Crippen LogP contribution in [-0.4, -0.2) is 24.7 Å². The van der Waals surface area contributed by atoms with Crippen LogP contribution >= 0.6 is 0 Å². The Kier molecular flexibility index (Phi) is 13.7. The monoisotopic (exact) mass is 444 g/mol. The number of ether oxygens (including phenoxy) is 2. The minimum Gasteiger partial charge on any atom is -0.466 e. The first kappa shape index (κ1) is 27.0. The summed E-state index contributed by atoms with van der Waals surface area (Å²) in [5, 5.41) is 0. The Bertz CT molecular complexity index is 617. The molecule has 1 aromatic rings. The summed E-state index contributed by atoms with van der Waals surface area (Å²) >= 11 is 0. The average molecular weight is 445 g/mol. The number of carbonyl (C=O) groups excluding carboxylic acids is 2. The molecule has 7 heteroatoms. The van der Waals surface area contributed by atoms with Crippen LogP contribution in [0.3, 0.4) is 0 Å². The molecule has 0 aliphatic rings. The fraction of sp³-hybridized carbons (Fsp3) is 0.667. The summed E-state index contributed by atoms with van der Waals surface area (Å²) in [6, 6.07) is 7.17. The second-order valence-corrected chi connectivity index (χ2v) is 7.72. The third kappa shape index (κ3) is 13.1. The third-order valence-electron chi connectivity index (χ3n) is 4.92. The lowest BCUT2D eigenvalue weighted by atomic mass is 10.1. The van der Waals surface area contributed by atoms with Gasteiger partial charge >= 0.3 is 18.1 Å². The van der Waals surface area contributed by atoms with Crippen LogP contribution < -0.4 is 0 Å². The molecule has 0 bridgehead atoms. The molecule has 0 aliphatic heterocycles. The Morgan fingerprint density at radius 1 is 0.806 bits per heavy atom. The first-order valence-electron chi connectivity index (χ1n) is 11.3. The van der Waals surface area contributed by atoms with Gasteiger partial charge in [-0.15, -0.1) is 0 Å². The summed E-state index contributed by atoms with van der Waals surface area (Å²) in [4.78, 5) is 23.4. The standard InChI is InChI=1S/C24H35F3O4/c1-2-3-4-14-19-30-21(28)17-12-7-5-6-8-13-18-22(29)31-23(24(25,26)27)20-15-10-9-11-16-20/h9-11,15-16,23H,2-8,12-14,17-19H2,1H3. The molecule has 0 saturated heterocycles. The molecule has 0 radical (unpaired) electrons. The van der Waals surface area contributed by atoms with Crippen LogP contribution in [0.1, 0.15) is 95.6 Å². The lowest BCUT2D eigenvalue weighted by Crippen LogP contribution is -2.26. The summed E-state index contributed by atoms with van der Waals surface area (Å²) in [5.74, 6) is -0.996. The van der Waals surface area contributed by atoms with Crippen molar-refractivity contribution in [1.82, 2.24) is 0 Å². The molecule has 1 atom stereocenters. The van der Waals surface area contributed by atoms with Crippen molar-refractivity contribution in [2.75, 3.05) is 6.61 Å². The van der Waals surface area contributed by atoms with Crippen molar-refractivity contribution in [3.8, 4) is 0 Å². The lowest BCUT2D eigenvalue weighted by molar-refractivity contribution is -0.224. The van der Waals surface area contributed by atoms with E-state index in [0.717, 1.165) is 57.8 Å². The SMILES string of the molecule is CCCCCCOC(=O)CCCCCCCCC(=O)OC(c1ccccc1)C(F)(F)F. The third-order valence-corrected chi connectivity index (χ3v) is 4.92. The fourth-order valence-electron chi connectivity index (χ4n) is 3.17. The Balaban J connectivity index is 2.09. The Morgan fingerprint density at radius 3 is 1.94 bits per heavy atom. The molecule has 1 unspecified atom stereocenters. The molecule has 1 rings (SSSR count). The summed E-state index contributed by atoms with van der Waals surface area (Å²) in [7, 11) is 0. The van der Waals surface area contributed by atoms with Gasteiger partial charge < -0.3 is 9.47 Å². The van der Waals surface area contributed by atoms with Gasteiger partial charge in [0.05, 0.1) is 6.61 Å². The maximum absolute atomic E-state index is 13.2. The van der Waals surface area contributed by atoms with E-state index in [1.54, 1.807) is 6.07 Å². The highest BCUT2D eigenvalue weighted by atomic mass is 19.4. The van der Waals surface area contributed by atoms with E-state index in [1.807, 2.05) is 0 Å². The summed E-state index contributed by atoms with van der Waals surface area (Å²) < 4.78 is 49.5. The number of esters is 2. The van der Waals surface area contributed by atoms with E-state index in [4.69, 9.17) is 9.47 Å². The number of halogens is 3. The molecular weight excluding hydrogens is 409 g/mol. The summed E-state index contributed by atoms with van der Waals surface area (Å²) in [6.45, 7) is 2.63. The van der Waals surface area contributed by atoms with Crippen molar-refractivity contribution in [3.05, 3.63) is 35.9 Å². The van der Waals surface area contributed by atoms with Gasteiger partial charge in [0.1, 0.15) is 0 Å². The maximum Gasteiger partial charge on any atom is 0.429 e. The molecule has 0 N–H and O–H groups in total. The van der Waals surface area contributed by atoms with Crippen molar-refractivity contribution >= 4 is 11.9 Å². The first-order valence-corrected chi connectivity index (χ1v) is 11.3. The van der Waals surface area contributed by atoms with Crippen molar-refractivity contribution in [2.45, 2.75) is 96.3 Å². The molecule has 1 aromatic carbocycles. The topological polar surface area (TPSA) is 52.6 Å². The molecule has 0 saturated carbocycles. The summed E-state index contributed by atoms with van der Waals surface area (Å²) in [5.41, 5.74) is -0.0807. The molecule has 4 nitrogen and oxygen atoms in total. The van der Waals surface area contributed by atoms with E-state index >= 15 is 0 Å². The molecule has 0 spiro atoms. The highest BCUT2D eigenvalue weighted by Crippen LogP contribution is 2.36. The van der Waals surface area contributed by atoms with Gasteiger partial charge in [0.2, 0.25) is 6.10 Å². The largest absolute Gasteiger partial charge is 0.466 e. The van der Waals surface area contributed by atoms with Crippen molar-refractivity contribution in [2.24, 2.45) is 0 Å². The van der Waals surface area contributed by atoms with E-state index in [2.05, 4.69) is 6.92 Å². The second kappa shape index (κ2) is 15.7. The van der Waals surface area contributed by atoms with Gasteiger partial charge in [-0.2, -0.15) is 13.2 Å². The van der Waals surface area contributed by atoms with E-state index in [1.165, 1.54) is 24.3 Å². The molecule has 0 amide bonds. The quantitative estimate of drug-likeness (QED) is 0.202. The van der Waals surface area contributed by atoms with Gasteiger partial charge in [-0.1, -0.05) is 82.2 Å². The van der Waals surface area contributed by atoms with Crippen molar-refractivity contribution in [1.29, 1.82) is 0 Å². The van der Waals surface area contributed by atoms with Gasteiger partial charge in [0.25, 0.3) is 0 Å². The highest BCUT2D eigenvalue weighted by Gasteiger charge is 2.43. The van der Waals surface area contributed by atoms with Crippen LogP contribution in [0.5, 0.6) is 0 Å². The zero-order valence-corrected chi connectivity index (χ0v) is 18.4. The van der Waals surface area contributed by atoms with Crippen LogP contribution in [0.4, 0.5) is 13.2 Å². The Morgan fingerprint density at radius 2 is 1.35 bits per heavy atom. The van der Waals surface area contributed by atoms with Gasteiger partial charge in [0.15, 0.2) is 0 Å². The fourth-order valence-corrected chi connectivity index (χ4v) is 3.17. The number of hydrogen-bond acceptors (Lipinski definition) is 4. The smallest absolute Gasteiger partial charge is 0.429 e. The number of carbonyl (C=O) groups is 2. The highest BCUT2D eigenvalue weighted by molar-refractivity contribution is 5.70. The van der Waals surface area contributed by atoms with Gasteiger partial charge in [0, 0.05) is 18.4 Å². The predicted octanol–water partition coefficient (Wildman–Crippen LogP) is 7.08. The Labute approximate surface area is 183 Å². The zero-order chi connectivity index (χ0) is 23.0. The van der Waals surface area contributed by atoms with E-state index < -0.39 is 18.2 Å². The molecule has 0 heterocycles. The predicted molar refractivity (Wildman–Crippen MR) is 113 cm³/mol. The van der Waals surface area contributed by atoms with Crippen LogP contribution in [-0.2, 0) is 19.1 Å². The number of rotatable bonds is 16. The molecule has 0 aromatic heterocycles. The summed E-state index contributed by atoms with van der Waals surface area (Å²) in [6.07, 6.45) is 2.45. The lowest BCUT2D eigenvalue weighted by Gasteiger charge is -2.21. The molecule has 0 aliphatic carbocycles. The Hall–Kier alpha value is -2.05. The van der Waals surface area contributed by atoms with Gasteiger partial charge in [-0.05, 0) is 19.3 Å². The maximum atomic E-state index is 13.2. The van der Waals surface area contributed by atoms with E-state index in [0.29, 0.717) is 19.4 Å². The van der Waals surface area contributed by atoms with Crippen molar-refractivity contribution < 1.29 is 32.2 Å². The number of alkyl halides is 3. The molecule has 0 fully saturated rings. The van der Waals surface area contributed by atoms with Crippen LogP contribution in [0, 0.1) is 0 Å². The number of unbranched alkanes of at least 4 members (excludes halogenated alkanes) is 8. The van der Waals surface area contributed by atoms with E-state index in [-0.39, 0.29) is 18.0 Å². The molecule has 31 heavy (non-hydrogen) atoms. The minimum absolute atomic E-state index is 0.0379. The second-order valence-electron chi connectivity index (χ2n) is 7.72. The molecular formula is C24H35F3O4.